The summed E-state index contributed by atoms with van der Waals surface area (Å²) in [7, 11) is 0. The van der Waals surface area contributed by atoms with E-state index in [1.165, 1.54) is 76.8 Å². The molecule has 0 bridgehead atoms. The summed E-state index contributed by atoms with van der Waals surface area (Å²) in [5.41, 5.74) is 13.6. The van der Waals surface area contributed by atoms with E-state index in [1.54, 1.807) is 0 Å². The summed E-state index contributed by atoms with van der Waals surface area (Å²) in [4.78, 5) is 2.41. The van der Waals surface area contributed by atoms with Crippen LogP contribution in [-0.4, -0.2) is 0 Å². The quantitative estimate of drug-likeness (QED) is 0.166. The molecule has 0 heterocycles. The van der Waals surface area contributed by atoms with Gasteiger partial charge in [0.15, 0.2) is 0 Å². The van der Waals surface area contributed by atoms with Crippen molar-refractivity contribution in [2.24, 2.45) is 0 Å². The van der Waals surface area contributed by atoms with Gasteiger partial charge in [-0.05, 0) is 119 Å². The smallest absolute Gasteiger partial charge is 0.0465 e. The monoisotopic (exact) mass is 663 g/mol. The van der Waals surface area contributed by atoms with Crippen LogP contribution in [0.1, 0.15) is 25.0 Å². The van der Waals surface area contributed by atoms with Crippen LogP contribution in [0.25, 0.3) is 65.7 Å². The highest BCUT2D eigenvalue weighted by atomic mass is 15.1. The van der Waals surface area contributed by atoms with Gasteiger partial charge in [0.05, 0.1) is 0 Å². The summed E-state index contributed by atoms with van der Waals surface area (Å²) in [6, 6.07) is 69.0. The molecule has 1 aliphatic carbocycles. The van der Waals surface area contributed by atoms with Crippen molar-refractivity contribution in [1.82, 2.24) is 0 Å². The molecule has 52 heavy (non-hydrogen) atoms. The molecule has 246 valence electrons. The molecule has 0 fully saturated rings. The molecule has 10 rings (SSSR count). The maximum absolute atomic E-state index is 2.45. The molecular formula is C51H37N. The fourth-order valence-corrected chi connectivity index (χ4v) is 8.66. The van der Waals surface area contributed by atoms with Crippen LogP contribution in [0.4, 0.5) is 17.1 Å². The molecule has 1 nitrogen and oxygen atoms in total. The van der Waals surface area contributed by atoms with E-state index < -0.39 is 0 Å². The van der Waals surface area contributed by atoms with Gasteiger partial charge in [-0.25, -0.2) is 0 Å². The zero-order chi connectivity index (χ0) is 34.8. The van der Waals surface area contributed by atoms with Gasteiger partial charge in [0.25, 0.3) is 0 Å². The maximum atomic E-state index is 2.45. The van der Waals surface area contributed by atoms with Crippen LogP contribution < -0.4 is 4.90 Å². The Bertz CT molecular complexity index is 2790. The first-order chi connectivity index (χ1) is 25.5. The Morgan fingerprint density at radius 2 is 0.865 bits per heavy atom. The van der Waals surface area contributed by atoms with E-state index in [9.17, 15) is 0 Å². The topological polar surface area (TPSA) is 3.24 Å². The summed E-state index contributed by atoms with van der Waals surface area (Å²) in [5, 5.41) is 7.83. The van der Waals surface area contributed by atoms with Crippen molar-refractivity contribution in [2.45, 2.75) is 19.3 Å². The van der Waals surface area contributed by atoms with E-state index in [4.69, 9.17) is 0 Å². The average molecular weight is 664 g/mol. The zero-order valence-corrected chi connectivity index (χ0v) is 29.3. The highest BCUT2D eigenvalue weighted by Crippen LogP contribution is 2.55. The minimum Gasteiger partial charge on any atom is -0.310 e. The molecule has 0 atom stereocenters. The molecule has 0 aromatic heterocycles. The highest BCUT2D eigenvalue weighted by molar-refractivity contribution is 6.18. The van der Waals surface area contributed by atoms with Crippen LogP contribution in [0.2, 0.25) is 0 Å². The first-order valence-electron chi connectivity index (χ1n) is 18.2. The highest BCUT2D eigenvalue weighted by Gasteiger charge is 2.39. The second-order valence-corrected chi connectivity index (χ2v) is 14.6. The van der Waals surface area contributed by atoms with Gasteiger partial charge in [-0.3, -0.25) is 0 Å². The van der Waals surface area contributed by atoms with Crippen molar-refractivity contribution in [3.05, 3.63) is 199 Å². The molecule has 0 N–H and O–H groups in total. The van der Waals surface area contributed by atoms with E-state index in [-0.39, 0.29) is 5.41 Å². The number of anilines is 3. The molecule has 1 aliphatic rings. The van der Waals surface area contributed by atoms with E-state index in [1.807, 2.05) is 0 Å². The maximum Gasteiger partial charge on any atom is 0.0465 e. The molecule has 0 saturated heterocycles. The number of nitrogens with zero attached hydrogens (tertiary/aromatic N) is 1. The van der Waals surface area contributed by atoms with Crippen molar-refractivity contribution in [1.29, 1.82) is 0 Å². The lowest BCUT2D eigenvalue weighted by Gasteiger charge is -2.28. The van der Waals surface area contributed by atoms with Crippen LogP contribution in [0.5, 0.6) is 0 Å². The minimum absolute atomic E-state index is 0.187. The Balaban J connectivity index is 1.12. The van der Waals surface area contributed by atoms with Crippen molar-refractivity contribution >= 4 is 49.4 Å². The Hall–Kier alpha value is -6.44. The normalized spacial score (nSPS) is 13.0. The summed E-state index contributed by atoms with van der Waals surface area (Å²) in [6.07, 6.45) is 0. The third kappa shape index (κ3) is 4.77. The molecule has 1 heteroatoms. The largest absolute Gasteiger partial charge is 0.310 e. The molecular weight excluding hydrogens is 627 g/mol. The predicted octanol–water partition coefficient (Wildman–Crippen LogP) is 14.3. The van der Waals surface area contributed by atoms with Crippen LogP contribution in [0, 0.1) is 0 Å². The van der Waals surface area contributed by atoms with Gasteiger partial charge in [-0.15, -0.1) is 0 Å². The van der Waals surface area contributed by atoms with Crippen LogP contribution >= 0.6 is 0 Å². The lowest BCUT2D eigenvalue weighted by Crippen LogP contribution is -2.17. The third-order valence-electron chi connectivity index (χ3n) is 11.2. The van der Waals surface area contributed by atoms with Crippen LogP contribution in [-0.2, 0) is 5.41 Å². The summed E-state index contributed by atoms with van der Waals surface area (Å²) >= 11 is 0. The Morgan fingerprint density at radius 3 is 1.56 bits per heavy atom. The molecule has 0 radical (unpaired) electrons. The van der Waals surface area contributed by atoms with Crippen LogP contribution in [0.15, 0.2) is 188 Å². The Morgan fingerprint density at radius 1 is 0.365 bits per heavy atom. The molecule has 0 saturated carbocycles. The zero-order valence-electron chi connectivity index (χ0n) is 29.3. The van der Waals surface area contributed by atoms with Gasteiger partial charge in [0.1, 0.15) is 0 Å². The predicted molar refractivity (Wildman–Crippen MR) is 222 cm³/mol. The van der Waals surface area contributed by atoms with Crippen molar-refractivity contribution in [3.63, 3.8) is 0 Å². The van der Waals surface area contributed by atoms with Gasteiger partial charge in [0.2, 0.25) is 0 Å². The van der Waals surface area contributed by atoms with Gasteiger partial charge < -0.3 is 4.90 Å². The number of fused-ring (bicyclic) bond motifs is 9. The summed E-state index contributed by atoms with van der Waals surface area (Å²) in [5.74, 6) is 0. The van der Waals surface area contributed by atoms with Crippen molar-refractivity contribution in [2.75, 3.05) is 4.90 Å². The van der Waals surface area contributed by atoms with Crippen molar-refractivity contribution in [3.8, 4) is 33.4 Å². The van der Waals surface area contributed by atoms with E-state index in [0.29, 0.717) is 0 Å². The Kier molecular flexibility index (Phi) is 6.91. The number of hydrogen-bond acceptors (Lipinski definition) is 1. The average Bonchev–Trinajstić information content (AvgIpc) is 3.45. The van der Waals surface area contributed by atoms with E-state index >= 15 is 0 Å². The lowest BCUT2D eigenvalue weighted by atomic mass is 9.79. The molecule has 0 amide bonds. The standard InChI is InChI=1S/C51H37N/c1-51(2)48-33-42(30-31-47(48)49-45-18-10-8-16-43(45)44-17-9-11-19-46(44)50(49)51)52(40-26-22-36(23-27-40)34-12-4-3-5-13-34)41-28-24-37(25-29-41)39-21-20-35-14-6-7-15-38(35)32-39/h3-33H,1-2H3. The summed E-state index contributed by atoms with van der Waals surface area (Å²) in [6.45, 7) is 4.81. The molecule has 9 aromatic carbocycles. The number of rotatable bonds is 5. The SMILES string of the molecule is CC1(C)c2cc(N(c3ccc(-c4ccccc4)cc3)c3ccc(-c4ccc5ccccc5c4)cc3)ccc2-c2c1c1ccccc1c1ccccc21. The van der Waals surface area contributed by atoms with E-state index in [0.717, 1.165) is 17.1 Å². The second-order valence-electron chi connectivity index (χ2n) is 14.6. The minimum atomic E-state index is -0.187. The third-order valence-corrected chi connectivity index (χ3v) is 11.2. The number of hydrogen-bond donors (Lipinski definition) is 0. The van der Waals surface area contributed by atoms with Gasteiger partial charge in [0, 0.05) is 22.5 Å². The molecule has 0 unspecified atom stereocenters. The van der Waals surface area contributed by atoms with Crippen LogP contribution in [0.3, 0.4) is 0 Å². The van der Waals surface area contributed by atoms with Gasteiger partial charge >= 0.3 is 0 Å². The fraction of sp³-hybridized carbons (Fsp3) is 0.0588. The molecule has 9 aromatic rings. The summed E-state index contributed by atoms with van der Waals surface area (Å²) < 4.78 is 0. The first-order valence-corrected chi connectivity index (χ1v) is 18.2. The first kappa shape index (κ1) is 30.4. The van der Waals surface area contributed by atoms with Gasteiger partial charge in [-0.1, -0.05) is 159 Å². The van der Waals surface area contributed by atoms with Crippen molar-refractivity contribution < 1.29 is 0 Å². The van der Waals surface area contributed by atoms with Gasteiger partial charge in [-0.2, -0.15) is 0 Å². The molecule has 0 spiro atoms. The Labute approximate surface area is 305 Å². The fourth-order valence-electron chi connectivity index (χ4n) is 8.66. The van der Waals surface area contributed by atoms with E-state index in [2.05, 4.69) is 207 Å². The lowest BCUT2D eigenvalue weighted by molar-refractivity contribution is 0.666. The second kappa shape index (κ2) is 11.8. The molecule has 0 aliphatic heterocycles. The number of benzene rings is 9.